The predicted molar refractivity (Wildman–Crippen MR) is 70.4 cm³/mol. The van der Waals surface area contributed by atoms with E-state index in [0.717, 1.165) is 12.0 Å². The topological polar surface area (TPSA) is 41.5 Å². The Hall–Kier alpha value is -0.610. The lowest BCUT2D eigenvalue weighted by atomic mass is 10.1. The number of hydrogen-bond acceptors (Lipinski definition) is 3. The molecule has 0 saturated heterocycles. The Morgan fingerprint density at radius 3 is 2.71 bits per heavy atom. The Morgan fingerprint density at radius 1 is 1.41 bits per heavy atom. The summed E-state index contributed by atoms with van der Waals surface area (Å²) >= 11 is 6.02. The lowest BCUT2D eigenvalue weighted by Gasteiger charge is -2.19. The Morgan fingerprint density at radius 2 is 2.12 bits per heavy atom. The molecule has 0 heterocycles. The molecule has 3 nitrogen and oxygen atoms in total. The van der Waals surface area contributed by atoms with Crippen LogP contribution in [-0.4, -0.2) is 31.4 Å². The Kier molecular flexibility index (Phi) is 6.52. The maximum absolute atomic E-state index is 10.0. The highest BCUT2D eigenvalue weighted by Crippen LogP contribution is 2.21. The van der Waals surface area contributed by atoms with Gasteiger partial charge in [0.25, 0.3) is 0 Å². The fraction of sp³-hybridized carbons (Fsp3) is 0.538. The molecule has 2 N–H and O–H groups in total. The number of benzene rings is 1. The fourth-order valence-electron chi connectivity index (χ4n) is 1.66. The predicted octanol–water partition coefficient (Wildman–Crippen LogP) is 2.39. The molecule has 0 aliphatic carbocycles. The standard InChI is InChI=1S/C13H20ClNO2/c1-3-10(9-17-2)15-8-13(16)11-6-4-5-7-12(11)14/h4-7,10,13,15-16H,3,8-9H2,1-2H3. The average Bonchev–Trinajstić information content (AvgIpc) is 2.34. The molecule has 0 spiro atoms. The SMILES string of the molecule is CCC(COC)NCC(O)c1ccccc1Cl. The first-order chi connectivity index (χ1) is 8.19. The van der Waals surface area contributed by atoms with Gasteiger partial charge in [-0.15, -0.1) is 0 Å². The van der Waals surface area contributed by atoms with Gasteiger partial charge in [0.1, 0.15) is 0 Å². The average molecular weight is 258 g/mol. The number of hydrogen-bond donors (Lipinski definition) is 2. The second-order valence-corrected chi connectivity index (χ2v) is 4.41. The molecule has 1 aromatic carbocycles. The van der Waals surface area contributed by atoms with E-state index >= 15 is 0 Å². The van der Waals surface area contributed by atoms with Crippen molar-refractivity contribution in [3.8, 4) is 0 Å². The zero-order valence-corrected chi connectivity index (χ0v) is 11.1. The molecule has 2 unspecified atom stereocenters. The Bertz CT molecular complexity index is 333. The largest absolute Gasteiger partial charge is 0.387 e. The molecule has 0 aliphatic rings. The van der Waals surface area contributed by atoms with E-state index in [4.69, 9.17) is 16.3 Å². The molecule has 0 aromatic heterocycles. The van der Waals surface area contributed by atoms with Crippen LogP contribution in [-0.2, 0) is 4.74 Å². The number of aliphatic hydroxyl groups excluding tert-OH is 1. The molecule has 4 heteroatoms. The third-order valence-corrected chi connectivity index (χ3v) is 3.07. The van der Waals surface area contributed by atoms with Gasteiger partial charge in [-0.05, 0) is 12.5 Å². The highest BCUT2D eigenvalue weighted by Gasteiger charge is 2.13. The number of ether oxygens (including phenoxy) is 1. The summed E-state index contributed by atoms with van der Waals surface area (Å²) in [7, 11) is 1.68. The van der Waals surface area contributed by atoms with Gasteiger partial charge in [0, 0.05) is 30.3 Å². The fourth-order valence-corrected chi connectivity index (χ4v) is 1.92. The second-order valence-electron chi connectivity index (χ2n) is 4.01. The molecule has 0 fully saturated rings. The van der Waals surface area contributed by atoms with Crippen LogP contribution in [0.2, 0.25) is 5.02 Å². The van der Waals surface area contributed by atoms with Crippen LogP contribution in [0, 0.1) is 0 Å². The minimum absolute atomic E-state index is 0.261. The van der Waals surface area contributed by atoms with Crippen molar-refractivity contribution in [2.24, 2.45) is 0 Å². The van der Waals surface area contributed by atoms with E-state index in [9.17, 15) is 5.11 Å². The summed E-state index contributed by atoms with van der Waals surface area (Å²) in [5.74, 6) is 0. The number of halogens is 1. The normalized spacial score (nSPS) is 14.6. The number of aliphatic hydroxyl groups is 1. The molecule has 0 bridgehead atoms. The van der Waals surface area contributed by atoms with Gasteiger partial charge in [0.2, 0.25) is 0 Å². The summed E-state index contributed by atoms with van der Waals surface area (Å²) in [4.78, 5) is 0. The first kappa shape index (κ1) is 14.5. The van der Waals surface area contributed by atoms with Crippen LogP contribution in [0.3, 0.4) is 0 Å². The molecule has 96 valence electrons. The first-order valence-corrected chi connectivity index (χ1v) is 6.21. The Balaban J connectivity index is 2.49. The minimum atomic E-state index is -0.588. The van der Waals surface area contributed by atoms with Gasteiger partial charge in [-0.25, -0.2) is 0 Å². The maximum atomic E-state index is 10.0. The van der Waals surface area contributed by atoms with Crippen LogP contribution >= 0.6 is 11.6 Å². The molecule has 1 rings (SSSR count). The van der Waals surface area contributed by atoms with Gasteiger partial charge in [0.15, 0.2) is 0 Å². The summed E-state index contributed by atoms with van der Waals surface area (Å²) in [6.45, 7) is 3.20. The maximum Gasteiger partial charge on any atom is 0.0928 e. The van der Waals surface area contributed by atoms with E-state index in [1.165, 1.54) is 0 Å². The number of methoxy groups -OCH3 is 1. The highest BCUT2D eigenvalue weighted by molar-refractivity contribution is 6.31. The summed E-state index contributed by atoms with van der Waals surface area (Å²) < 4.78 is 5.09. The number of nitrogens with one attached hydrogen (secondary N) is 1. The van der Waals surface area contributed by atoms with Crippen molar-refractivity contribution >= 4 is 11.6 Å². The van der Waals surface area contributed by atoms with E-state index in [1.807, 2.05) is 18.2 Å². The molecule has 17 heavy (non-hydrogen) atoms. The quantitative estimate of drug-likeness (QED) is 0.788. The monoisotopic (exact) mass is 257 g/mol. The van der Waals surface area contributed by atoms with Crippen LogP contribution in [0.25, 0.3) is 0 Å². The van der Waals surface area contributed by atoms with Crippen molar-refractivity contribution in [3.05, 3.63) is 34.9 Å². The third-order valence-electron chi connectivity index (χ3n) is 2.72. The van der Waals surface area contributed by atoms with Gasteiger partial charge in [-0.1, -0.05) is 36.7 Å². The first-order valence-electron chi connectivity index (χ1n) is 5.83. The van der Waals surface area contributed by atoms with Gasteiger partial charge < -0.3 is 15.2 Å². The van der Waals surface area contributed by atoms with Gasteiger partial charge in [-0.2, -0.15) is 0 Å². The second kappa shape index (κ2) is 7.67. The molecule has 0 amide bonds. The van der Waals surface area contributed by atoms with Crippen LogP contribution in [0.1, 0.15) is 25.0 Å². The minimum Gasteiger partial charge on any atom is -0.387 e. The number of rotatable bonds is 7. The lowest BCUT2D eigenvalue weighted by molar-refractivity contribution is 0.137. The summed E-state index contributed by atoms with van der Waals surface area (Å²) in [5.41, 5.74) is 0.758. The van der Waals surface area contributed by atoms with Crippen molar-refractivity contribution in [2.45, 2.75) is 25.5 Å². The zero-order chi connectivity index (χ0) is 12.7. The van der Waals surface area contributed by atoms with Crippen molar-refractivity contribution in [2.75, 3.05) is 20.3 Å². The lowest BCUT2D eigenvalue weighted by Crippen LogP contribution is -2.35. The highest BCUT2D eigenvalue weighted by atomic mass is 35.5. The molecular weight excluding hydrogens is 238 g/mol. The van der Waals surface area contributed by atoms with Crippen molar-refractivity contribution in [1.29, 1.82) is 0 Å². The van der Waals surface area contributed by atoms with E-state index in [1.54, 1.807) is 13.2 Å². The smallest absolute Gasteiger partial charge is 0.0928 e. The Labute approximate surface area is 108 Å². The van der Waals surface area contributed by atoms with Crippen LogP contribution in [0.4, 0.5) is 0 Å². The van der Waals surface area contributed by atoms with E-state index in [2.05, 4.69) is 12.2 Å². The van der Waals surface area contributed by atoms with Crippen LogP contribution < -0.4 is 5.32 Å². The molecule has 0 saturated carbocycles. The summed E-state index contributed by atoms with van der Waals surface area (Å²) in [6.07, 6.45) is 0.373. The van der Waals surface area contributed by atoms with Crippen LogP contribution in [0.5, 0.6) is 0 Å². The summed E-state index contributed by atoms with van der Waals surface area (Å²) in [6, 6.07) is 7.61. The zero-order valence-electron chi connectivity index (χ0n) is 10.3. The van der Waals surface area contributed by atoms with Crippen LogP contribution in [0.15, 0.2) is 24.3 Å². The van der Waals surface area contributed by atoms with E-state index < -0.39 is 6.10 Å². The van der Waals surface area contributed by atoms with E-state index in [-0.39, 0.29) is 6.04 Å². The summed E-state index contributed by atoms with van der Waals surface area (Å²) in [5, 5.41) is 13.9. The molecule has 1 aromatic rings. The molecule has 2 atom stereocenters. The van der Waals surface area contributed by atoms with Gasteiger partial charge in [0.05, 0.1) is 12.7 Å². The van der Waals surface area contributed by atoms with Crippen molar-refractivity contribution in [3.63, 3.8) is 0 Å². The van der Waals surface area contributed by atoms with Gasteiger partial charge >= 0.3 is 0 Å². The van der Waals surface area contributed by atoms with Gasteiger partial charge in [-0.3, -0.25) is 0 Å². The van der Waals surface area contributed by atoms with E-state index in [0.29, 0.717) is 18.2 Å². The van der Waals surface area contributed by atoms with Crippen molar-refractivity contribution in [1.82, 2.24) is 5.32 Å². The molecule has 0 aliphatic heterocycles. The molecule has 0 radical (unpaired) electrons. The third kappa shape index (κ3) is 4.64. The molecular formula is C13H20ClNO2. The van der Waals surface area contributed by atoms with Crippen molar-refractivity contribution < 1.29 is 9.84 Å².